The molecule has 0 unspecified atom stereocenters. The topological polar surface area (TPSA) is 69.3 Å². The van der Waals surface area contributed by atoms with Crippen LogP contribution in [-0.4, -0.2) is 37.6 Å². The molecular weight excluding hydrogens is 368 g/mol. The van der Waals surface area contributed by atoms with E-state index in [1.165, 1.54) is 7.11 Å². The van der Waals surface area contributed by atoms with E-state index in [0.717, 1.165) is 22.7 Å². The molecule has 4 rings (SSSR count). The van der Waals surface area contributed by atoms with Crippen LogP contribution in [0, 0.1) is 0 Å². The first-order chi connectivity index (χ1) is 13.2. The number of benzene rings is 2. The molecule has 2 aliphatic heterocycles. The first kappa shape index (κ1) is 17.4. The van der Waals surface area contributed by atoms with Crippen LogP contribution in [0.1, 0.15) is 5.56 Å². The lowest BCUT2D eigenvalue weighted by atomic mass is 10.2. The van der Waals surface area contributed by atoms with Crippen LogP contribution in [-0.2, 0) is 16.1 Å². The number of rotatable bonds is 3. The SMILES string of the molecule is COC(=O)[C@@H]1CN(C(=S)NCc2ccc3c(c2)OCO3)c2ccccc2O1. The number of carbonyl (C=O) groups is 1. The smallest absolute Gasteiger partial charge is 0.348 e. The molecule has 2 aromatic rings. The average molecular weight is 386 g/mol. The minimum Gasteiger partial charge on any atom is -0.475 e. The number of nitrogens with zero attached hydrogens (tertiary/aromatic N) is 1. The molecule has 0 saturated heterocycles. The van der Waals surface area contributed by atoms with Crippen LogP contribution in [0.5, 0.6) is 17.2 Å². The number of methoxy groups -OCH3 is 1. The van der Waals surface area contributed by atoms with Crippen molar-refractivity contribution in [3.8, 4) is 17.2 Å². The molecule has 0 saturated carbocycles. The summed E-state index contributed by atoms with van der Waals surface area (Å²) in [6.07, 6.45) is -0.741. The van der Waals surface area contributed by atoms with Crippen molar-refractivity contribution in [1.82, 2.24) is 5.32 Å². The third kappa shape index (κ3) is 3.48. The van der Waals surface area contributed by atoms with Crippen LogP contribution in [0.2, 0.25) is 0 Å². The van der Waals surface area contributed by atoms with Crippen molar-refractivity contribution in [3.05, 3.63) is 48.0 Å². The van der Waals surface area contributed by atoms with E-state index in [9.17, 15) is 4.79 Å². The summed E-state index contributed by atoms with van der Waals surface area (Å²) < 4.78 is 21.3. The molecule has 27 heavy (non-hydrogen) atoms. The number of anilines is 1. The zero-order valence-corrected chi connectivity index (χ0v) is 15.5. The number of esters is 1. The highest BCUT2D eigenvalue weighted by Crippen LogP contribution is 2.34. The number of hydrogen-bond acceptors (Lipinski definition) is 6. The molecule has 0 radical (unpaired) electrons. The van der Waals surface area contributed by atoms with E-state index in [1.54, 1.807) is 6.07 Å². The summed E-state index contributed by atoms with van der Waals surface area (Å²) in [6.45, 7) is 1.03. The van der Waals surface area contributed by atoms with E-state index in [2.05, 4.69) is 5.32 Å². The van der Waals surface area contributed by atoms with Crippen LogP contribution < -0.4 is 24.4 Å². The van der Waals surface area contributed by atoms with E-state index in [4.69, 9.17) is 31.2 Å². The van der Waals surface area contributed by atoms with Crippen LogP contribution in [0.25, 0.3) is 0 Å². The fourth-order valence-corrected chi connectivity index (χ4v) is 3.25. The van der Waals surface area contributed by atoms with Crippen molar-refractivity contribution in [1.29, 1.82) is 0 Å². The number of thiocarbonyl (C=S) groups is 1. The molecule has 1 N–H and O–H groups in total. The number of carbonyl (C=O) groups excluding carboxylic acids is 1. The van der Waals surface area contributed by atoms with Crippen molar-refractivity contribution < 1.29 is 23.7 Å². The molecule has 140 valence electrons. The summed E-state index contributed by atoms with van der Waals surface area (Å²) in [5, 5.41) is 3.73. The van der Waals surface area contributed by atoms with Gasteiger partial charge in [0, 0.05) is 6.54 Å². The van der Waals surface area contributed by atoms with E-state index >= 15 is 0 Å². The molecule has 7 nitrogen and oxygen atoms in total. The van der Waals surface area contributed by atoms with Crippen LogP contribution in [0.4, 0.5) is 5.69 Å². The van der Waals surface area contributed by atoms with Crippen LogP contribution in [0.3, 0.4) is 0 Å². The van der Waals surface area contributed by atoms with Gasteiger partial charge in [-0.15, -0.1) is 0 Å². The maximum Gasteiger partial charge on any atom is 0.348 e. The zero-order chi connectivity index (χ0) is 18.8. The molecule has 0 aromatic heterocycles. The minimum atomic E-state index is -0.741. The quantitative estimate of drug-likeness (QED) is 0.636. The molecule has 0 aliphatic carbocycles. The Hall–Kier alpha value is -3.00. The molecule has 0 spiro atoms. The first-order valence-electron chi connectivity index (χ1n) is 8.43. The minimum absolute atomic E-state index is 0.240. The monoisotopic (exact) mass is 386 g/mol. The van der Waals surface area contributed by atoms with Crippen molar-refractivity contribution in [2.24, 2.45) is 0 Å². The largest absolute Gasteiger partial charge is 0.475 e. The van der Waals surface area contributed by atoms with Crippen molar-refractivity contribution >= 4 is 29.0 Å². The Morgan fingerprint density at radius 3 is 2.89 bits per heavy atom. The Morgan fingerprint density at radius 1 is 1.22 bits per heavy atom. The van der Waals surface area contributed by atoms with Gasteiger partial charge < -0.3 is 29.2 Å². The molecule has 0 bridgehead atoms. The summed E-state index contributed by atoms with van der Waals surface area (Å²) in [7, 11) is 1.34. The van der Waals surface area contributed by atoms with E-state index in [-0.39, 0.29) is 13.3 Å². The fourth-order valence-electron chi connectivity index (χ4n) is 3.00. The maximum absolute atomic E-state index is 12.0. The summed E-state index contributed by atoms with van der Waals surface area (Å²) in [5.74, 6) is 1.62. The van der Waals surface area contributed by atoms with Gasteiger partial charge in [-0.3, -0.25) is 0 Å². The highest BCUT2D eigenvalue weighted by molar-refractivity contribution is 7.80. The highest BCUT2D eigenvalue weighted by Gasteiger charge is 2.33. The second-order valence-corrected chi connectivity index (χ2v) is 6.44. The Balaban J connectivity index is 1.49. The number of para-hydroxylation sites is 2. The molecular formula is C19H18N2O5S. The second kappa shape index (κ2) is 7.32. The molecule has 2 aliphatic rings. The van der Waals surface area contributed by atoms with Gasteiger partial charge in [-0.2, -0.15) is 0 Å². The van der Waals surface area contributed by atoms with Gasteiger partial charge in [0.1, 0.15) is 5.75 Å². The molecule has 2 aromatic carbocycles. The lowest BCUT2D eigenvalue weighted by Crippen LogP contribution is -2.50. The predicted octanol–water partition coefficient (Wildman–Crippen LogP) is 2.23. The summed E-state index contributed by atoms with van der Waals surface area (Å²) >= 11 is 5.58. The van der Waals surface area contributed by atoms with Gasteiger partial charge in [0.05, 0.1) is 19.3 Å². The van der Waals surface area contributed by atoms with Crippen molar-refractivity contribution in [2.75, 3.05) is 25.3 Å². The fraction of sp³-hybridized carbons (Fsp3) is 0.263. The first-order valence-corrected chi connectivity index (χ1v) is 8.84. The molecule has 8 heteroatoms. The summed E-state index contributed by atoms with van der Waals surface area (Å²) in [5.41, 5.74) is 1.81. The predicted molar refractivity (Wildman–Crippen MR) is 102 cm³/mol. The Kier molecular flexibility index (Phi) is 4.72. The van der Waals surface area contributed by atoms with Gasteiger partial charge in [-0.1, -0.05) is 18.2 Å². The average Bonchev–Trinajstić information content (AvgIpc) is 3.18. The standard InChI is InChI=1S/C19H18N2O5S/c1-23-18(22)17-10-21(13-4-2-3-5-14(13)26-17)19(27)20-9-12-6-7-15-16(8-12)25-11-24-15/h2-8,17H,9-11H2,1H3,(H,20,27)/t17-/m0/s1. The van der Waals surface area contributed by atoms with Gasteiger partial charge in [-0.25, -0.2) is 4.79 Å². The van der Waals surface area contributed by atoms with Gasteiger partial charge in [0.25, 0.3) is 0 Å². The number of nitrogens with one attached hydrogen (secondary N) is 1. The number of fused-ring (bicyclic) bond motifs is 2. The van der Waals surface area contributed by atoms with Gasteiger partial charge in [0.15, 0.2) is 16.6 Å². The second-order valence-electron chi connectivity index (χ2n) is 6.05. The lowest BCUT2D eigenvalue weighted by molar-refractivity contribution is -0.148. The summed E-state index contributed by atoms with van der Waals surface area (Å²) in [6, 6.07) is 13.2. The van der Waals surface area contributed by atoms with Gasteiger partial charge in [-0.05, 0) is 42.0 Å². The molecule has 0 fully saturated rings. The highest BCUT2D eigenvalue weighted by atomic mass is 32.1. The third-order valence-corrected chi connectivity index (χ3v) is 4.73. The van der Waals surface area contributed by atoms with Crippen molar-refractivity contribution in [3.63, 3.8) is 0 Å². The summed E-state index contributed by atoms with van der Waals surface area (Å²) in [4.78, 5) is 13.8. The van der Waals surface area contributed by atoms with Crippen LogP contribution >= 0.6 is 12.2 Å². The third-order valence-electron chi connectivity index (χ3n) is 4.36. The molecule has 0 amide bonds. The molecule has 1 atom stereocenters. The molecule has 2 heterocycles. The van der Waals surface area contributed by atoms with E-state index in [1.807, 2.05) is 41.3 Å². The maximum atomic E-state index is 12.0. The Morgan fingerprint density at radius 2 is 2.04 bits per heavy atom. The Labute approximate surface area is 161 Å². The van der Waals surface area contributed by atoms with Gasteiger partial charge >= 0.3 is 5.97 Å². The van der Waals surface area contributed by atoms with Gasteiger partial charge in [0.2, 0.25) is 12.9 Å². The lowest BCUT2D eigenvalue weighted by Gasteiger charge is -2.35. The normalized spacial score (nSPS) is 16.9. The van der Waals surface area contributed by atoms with Crippen LogP contribution in [0.15, 0.2) is 42.5 Å². The Bertz CT molecular complexity index is 888. The number of hydrogen-bond donors (Lipinski definition) is 1. The number of ether oxygens (including phenoxy) is 4. The van der Waals surface area contributed by atoms with E-state index < -0.39 is 12.1 Å². The zero-order valence-electron chi connectivity index (χ0n) is 14.6. The van der Waals surface area contributed by atoms with E-state index in [0.29, 0.717) is 17.4 Å². The van der Waals surface area contributed by atoms with Crippen molar-refractivity contribution in [2.45, 2.75) is 12.6 Å².